The number of thiophene rings is 1. The Labute approximate surface area is 176 Å². The van der Waals surface area contributed by atoms with Crippen molar-refractivity contribution in [1.82, 2.24) is 4.90 Å². The molecule has 1 aromatic heterocycles. The van der Waals surface area contributed by atoms with E-state index in [1.165, 1.54) is 11.3 Å². The molecule has 0 aliphatic carbocycles. The summed E-state index contributed by atoms with van der Waals surface area (Å²) in [5, 5.41) is 4.20. The zero-order chi connectivity index (χ0) is 20.2. The van der Waals surface area contributed by atoms with Gasteiger partial charge in [0.25, 0.3) is 11.1 Å². The van der Waals surface area contributed by atoms with Gasteiger partial charge in [-0.05, 0) is 52.5 Å². The summed E-state index contributed by atoms with van der Waals surface area (Å²) in [5.41, 5.74) is 2.73. The van der Waals surface area contributed by atoms with Crippen LogP contribution in [0.15, 0.2) is 77.0 Å². The number of carbonyl (C=O) groups is 3. The maximum atomic E-state index is 12.5. The van der Waals surface area contributed by atoms with Gasteiger partial charge in [0, 0.05) is 10.6 Å². The smallest absolute Gasteiger partial charge is 0.294 e. The third-order valence-corrected chi connectivity index (χ3v) is 5.99. The number of hydrogen-bond acceptors (Lipinski definition) is 5. The van der Waals surface area contributed by atoms with Crippen LogP contribution in [0.2, 0.25) is 0 Å². The molecule has 3 amide bonds. The summed E-state index contributed by atoms with van der Waals surface area (Å²) in [7, 11) is 0. The van der Waals surface area contributed by atoms with E-state index < -0.39 is 17.1 Å². The molecule has 3 aromatic rings. The molecule has 1 aliphatic rings. The molecule has 0 atom stereocenters. The van der Waals surface area contributed by atoms with Crippen LogP contribution in [-0.2, 0) is 9.59 Å². The zero-order valence-corrected chi connectivity index (χ0v) is 16.8. The number of rotatable bonds is 5. The second-order valence-corrected chi connectivity index (χ2v) is 8.25. The quantitative estimate of drug-likeness (QED) is 0.584. The van der Waals surface area contributed by atoms with Gasteiger partial charge in [0.2, 0.25) is 5.91 Å². The first kappa shape index (κ1) is 19.2. The Morgan fingerprint density at radius 3 is 2.34 bits per heavy atom. The first-order valence-corrected chi connectivity index (χ1v) is 10.5. The highest BCUT2D eigenvalue weighted by Crippen LogP contribution is 2.32. The normalized spacial score (nSPS) is 15.2. The highest BCUT2D eigenvalue weighted by Gasteiger charge is 2.36. The molecule has 1 fully saturated rings. The van der Waals surface area contributed by atoms with E-state index in [4.69, 9.17) is 0 Å². The number of benzene rings is 2. The number of anilines is 1. The molecule has 144 valence electrons. The average Bonchev–Trinajstić information content (AvgIpc) is 3.33. The fourth-order valence-electron chi connectivity index (χ4n) is 2.86. The van der Waals surface area contributed by atoms with Crippen molar-refractivity contribution < 1.29 is 14.4 Å². The molecule has 5 nitrogen and oxygen atoms in total. The van der Waals surface area contributed by atoms with Crippen LogP contribution in [0.1, 0.15) is 4.88 Å². The molecule has 4 rings (SSSR count). The number of nitrogens with zero attached hydrogens (tertiary/aromatic N) is 1. The molecular formula is C22H16N2O3S2. The SMILES string of the molecule is O=C(CN1C(=O)S/C(=C\c2cccs2)C1=O)Nc1ccc(-c2ccccc2)cc1. The van der Waals surface area contributed by atoms with Gasteiger partial charge in [0.15, 0.2) is 0 Å². The predicted octanol–water partition coefficient (Wildman–Crippen LogP) is 5.09. The van der Waals surface area contributed by atoms with E-state index in [-0.39, 0.29) is 6.54 Å². The molecular weight excluding hydrogens is 404 g/mol. The third kappa shape index (κ3) is 4.47. The summed E-state index contributed by atoms with van der Waals surface area (Å²) in [6.07, 6.45) is 1.68. The number of thioether (sulfide) groups is 1. The van der Waals surface area contributed by atoms with E-state index in [9.17, 15) is 14.4 Å². The molecule has 0 unspecified atom stereocenters. The van der Waals surface area contributed by atoms with Crippen molar-refractivity contribution >= 4 is 51.9 Å². The molecule has 29 heavy (non-hydrogen) atoms. The number of imide groups is 1. The lowest BCUT2D eigenvalue weighted by Gasteiger charge is -2.12. The van der Waals surface area contributed by atoms with Crippen molar-refractivity contribution in [3.05, 3.63) is 81.9 Å². The minimum absolute atomic E-state index is 0.313. The molecule has 1 saturated heterocycles. The standard InChI is InChI=1S/C22H16N2O3S2/c25-20(23-17-10-8-16(9-11-17)15-5-2-1-3-6-15)14-24-21(26)19(29-22(24)27)13-18-7-4-12-28-18/h1-13H,14H2,(H,23,25)/b19-13-. The summed E-state index contributed by atoms with van der Waals surface area (Å²) >= 11 is 2.33. The van der Waals surface area contributed by atoms with Crippen molar-refractivity contribution in [2.24, 2.45) is 0 Å². The molecule has 7 heteroatoms. The lowest BCUT2D eigenvalue weighted by atomic mass is 10.1. The van der Waals surface area contributed by atoms with Crippen molar-refractivity contribution in [2.75, 3.05) is 11.9 Å². The van der Waals surface area contributed by atoms with Gasteiger partial charge in [-0.2, -0.15) is 0 Å². The van der Waals surface area contributed by atoms with Gasteiger partial charge in [-0.15, -0.1) is 11.3 Å². The number of amides is 3. The largest absolute Gasteiger partial charge is 0.325 e. The summed E-state index contributed by atoms with van der Waals surface area (Å²) < 4.78 is 0. The van der Waals surface area contributed by atoms with Gasteiger partial charge in [-0.3, -0.25) is 19.3 Å². The fraction of sp³-hybridized carbons (Fsp3) is 0.0455. The van der Waals surface area contributed by atoms with Crippen molar-refractivity contribution in [3.8, 4) is 11.1 Å². The second kappa shape index (κ2) is 8.46. The van der Waals surface area contributed by atoms with E-state index in [1.54, 1.807) is 18.2 Å². The molecule has 0 spiro atoms. The van der Waals surface area contributed by atoms with Crippen LogP contribution in [0.5, 0.6) is 0 Å². The number of nitrogens with one attached hydrogen (secondary N) is 1. The highest BCUT2D eigenvalue weighted by atomic mass is 32.2. The molecule has 2 heterocycles. The summed E-state index contributed by atoms with van der Waals surface area (Å²) in [6.45, 7) is -0.313. The van der Waals surface area contributed by atoms with E-state index in [0.717, 1.165) is 32.7 Å². The van der Waals surface area contributed by atoms with Crippen LogP contribution in [0.3, 0.4) is 0 Å². The van der Waals surface area contributed by atoms with Gasteiger partial charge in [0.1, 0.15) is 6.54 Å². The zero-order valence-electron chi connectivity index (χ0n) is 15.2. The van der Waals surface area contributed by atoms with Crippen molar-refractivity contribution in [3.63, 3.8) is 0 Å². The summed E-state index contributed by atoms with van der Waals surface area (Å²) in [6, 6.07) is 21.1. The van der Waals surface area contributed by atoms with Gasteiger partial charge < -0.3 is 5.32 Å². The monoisotopic (exact) mass is 420 g/mol. The van der Waals surface area contributed by atoms with Crippen LogP contribution in [0, 0.1) is 0 Å². The van der Waals surface area contributed by atoms with Gasteiger partial charge in [-0.1, -0.05) is 48.5 Å². The third-order valence-electron chi connectivity index (χ3n) is 4.27. The maximum Gasteiger partial charge on any atom is 0.294 e. The Kier molecular flexibility index (Phi) is 5.59. The van der Waals surface area contributed by atoms with Gasteiger partial charge >= 0.3 is 0 Å². The average molecular weight is 421 g/mol. The van der Waals surface area contributed by atoms with E-state index in [0.29, 0.717) is 10.6 Å². The number of carbonyl (C=O) groups excluding carboxylic acids is 3. The Hall–Kier alpha value is -3.16. The van der Waals surface area contributed by atoms with Crippen LogP contribution >= 0.6 is 23.1 Å². The Morgan fingerprint density at radius 1 is 0.931 bits per heavy atom. The Bertz CT molecular complexity index is 1080. The fourth-order valence-corrected chi connectivity index (χ4v) is 4.42. The topological polar surface area (TPSA) is 66.5 Å². The van der Waals surface area contributed by atoms with Crippen LogP contribution < -0.4 is 5.32 Å². The maximum absolute atomic E-state index is 12.5. The molecule has 2 aromatic carbocycles. The van der Waals surface area contributed by atoms with Crippen LogP contribution in [0.25, 0.3) is 17.2 Å². The predicted molar refractivity (Wildman–Crippen MR) is 118 cm³/mol. The summed E-state index contributed by atoms with van der Waals surface area (Å²) in [5.74, 6) is -0.861. The molecule has 0 saturated carbocycles. The minimum atomic E-state index is -0.442. The Balaban J connectivity index is 1.39. The first-order chi connectivity index (χ1) is 14.1. The van der Waals surface area contributed by atoms with Gasteiger partial charge in [0.05, 0.1) is 4.91 Å². The lowest BCUT2D eigenvalue weighted by Crippen LogP contribution is -2.36. The first-order valence-electron chi connectivity index (χ1n) is 8.84. The van der Waals surface area contributed by atoms with Crippen molar-refractivity contribution in [1.29, 1.82) is 0 Å². The second-order valence-electron chi connectivity index (χ2n) is 6.27. The molecule has 0 bridgehead atoms. The van der Waals surface area contributed by atoms with E-state index in [1.807, 2.05) is 60.0 Å². The van der Waals surface area contributed by atoms with Gasteiger partial charge in [-0.25, -0.2) is 0 Å². The molecule has 0 radical (unpaired) electrons. The molecule has 1 aliphatic heterocycles. The lowest BCUT2D eigenvalue weighted by molar-refractivity contribution is -0.127. The Morgan fingerprint density at radius 2 is 1.66 bits per heavy atom. The molecule has 1 N–H and O–H groups in total. The van der Waals surface area contributed by atoms with Crippen molar-refractivity contribution in [2.45, 2.75) is 0 Å². The van der Waals surface area contributed by atoms with E-state index in [2.05, 4.69) is 5.32 Å². The minimum Gasteiger partial charge on any atom is -0.325 e. The van der Waals surface area contributed by atoms with Crippen LogP contribution in [-0.4, -0.2) is 28.5 Å². The van der Waals surface area contributed by atoms with Crippen LogP contribution in [0.4, 0.5) is 10.5 Å². The number of hydrogen-bond donors (Lipinski definition) is 1. The summed E-state index contributed by atoms with van der Waals surface area (Å²) in [4.78, 5) is 39.2. The van der Waals surface area contributed by atoms with E-state index >= 15 is 0 Å². The highest BCUT2D eigenvalue weighted by molar-refractivity contribution is 8.18.